The number of nitrogens with zero attached hydrogens (tertiary/aromatic N) is 1. The molecule has 0 aromatic heterocycles. The van der Waals surface area contributed by atoms with Crippen molar-refractivity contribution in [1.82, 2.24) is 0 Å². The minimum atomic E-state index is 0.486. The summed E-state index contributed by atoms with van der Waals surface area (Å²) in [5, 5.41) is 2.52. The van der Waals surface area contributed by atoms with E-state index in [-0.39, 0.29) is 0 Å². The zero-order valence-electron chi connectivity index (χ0n) is 13.9. The fourth-order valence-electron chi connectivity index (χ4n) is 3.56. The van der Waals surface area contributed by atoms with E-state index in [9.17, 15) is 0 Å². The van der Waals surface area contributed by atoms with Gasteiger partial charge in [0, 0.05) is 23.9 Å². The van der Waals surface area contributed by atoms with Crippen LogP contribution in [0.5, 0.6) is 5.75 Å². The smallest absolute Gasteiger partial charge is 0.214 e. The Labute approximate surface area is 132 Å². The van der Waals surface area contributed by atoms with Gasteiger partial charge in [0.2, 0.25) is 11.4 Å². The van der Waals surface area contributed by atoms with Crippen molar-refractivity contribution < 1.29 is 9.31 Å². The number of allylic oxidation sites excluding steroid dienone is 2. The van der Waals surface area contributed by atoms with Crippen molar-refractivity contribution in [2.24, 2.45) is 0 Å². The third kappa shape index (κ3) is 2.14. The van der Waals surface area contributed by atoms with E-state index in [1.807, 2.05) is 0 Å². The van der Waals surface area contributed by atoms with Crippen LogP contribution >= 0.6 is 0 Å². The van der Waals surface area contributed by atoms with Gasteiger partial charge >= 0.3 is 0 Å². The van der Waals surface area contributed by atoms with Gasteiger partial charge in [-0.3, -0.25) is 0 Å². The van der Waals surface area contributed by atoms with Crippen LogP contribution in [0.4, 0.5) is 5.69 Å². The Balaban J connectivity index is 2.32. The van der Waals surface area contributed by atoms with Crippen molar-refractivity contribution in [3.63, 3.8) is 0 Å². The van der Waals surface area contributed by atoms with Crippen LogP contribution in [0.3, 0.4) is 0 Å². The van der Waals surface area contributed by atoms with Crippen LogP contribution in [0.1, 0.15) is 39.2 Å². The van der Waals surface area contributed by atoms with Crippen LogP contribution in [-0.4, -0.2) is 23.4 Å². The molecule has 2 nitrogen and oxygen atoms in total. The first-order valence-electron chi connectivity index (χ1n) is 8.11. The molecule has 114 valence electrons. The van der Waals surface area contributed by atoms with Gasteiger partial charge in [0.1, 0.15) is 5.75 Å². The highest BCUT2D eigenvalue weighted by molar-refractivity contribution is 6.20. The Bertz CT molecular complexity index is 771. The molecule has 1 atom stereocenters. The highest BCUT2D eigenvalue weighted by atomic mass is 16.5. The molecule has 0 amide bonds. The second-order valence-corrected chi connectivity index (χ2v) is 5.91. The van der Waals surface area contributed by atoms with Crippen LogP contribution in [0.25, 0.3) is 10.8 Å². The van der Waals surface area contributed by atoms with Crippen LogP contribution in [-0.2, 0) is 0 Å². The molecule has 1 aliphatic heterocycles. The SMILES string of the molecule is CC=CC1=[N+](C(C)CCC)c2ccc(OC)c3cccc1c23. The van der Waals surface area contributed by atoms with Gasteiger partial charge in [-0.05, 0) is 32.4 Å². The second kappa shape index (κ2) is 5.96. The lowest BCUT2D eigenvalue weighted by Crippen LogP contribution is -2.22. The Morgan fingerprint density at radius 1 is 1.23 bits per heavy atom. The van der Waals surface area contributed by atoms with Gasteiger partial charge in [0.15, 0.2) is 6.04 Å². The molecule has 2 aromatic carbocycles. The third-order valence-electron chi connectivity index (χ3n) is 4.47. The summed E-state index contributed by atoms with van der Waals surface area (Å²) in [6.45, 7) is 6.65. The topological polar surface area (TPSA) is 12.2 Å². The van der Waals surface area contributed by atoms with Crippen LogP contribution in [0.15, 0.2) is 42.5 Å². The van der Waals surface area contributed by atoms with Gasteiger partial charge in [-0.1, -0.05) is 25.1 Å². The largest absolute Gasteiger partial charge is 0.496 e. The third-order valence-corrected chi connectivity index (χ3v) is 4.47. The van der Waals surface area contributed by atoms with Crippen molar-refractivity contribution >= 4 is 22.2 Å². The average Bonchev–Trinajstić information content (AvgIpc) is 2.84. The van der Waals surface area contributed by atoms with E-state index in [0.29, 0.717) is 6.04 Å². The first-order chi connectivity index (χ1) is 10.7. The quantitative estimate of drug-likeness (QED) is 0.702. The zero-order chi connectivity index (χ0) is 15.7. The summed E-state index contributed by atoms with van der Waals surface area (Å²) in [5.41, 5.74) is 3.92. The molecule has 1 heterocycles. The van der Waals surface area contributed by atoms with Crippen molar-refractivity contribution in [2.75, 3.05) is 7.11 Å². The molecule has 0 aliphatic carbocycles. The molecule has 2 heteroatoms. The lowest BCUT2D eigenvalue weighted by atomic mass is 10.0. The van der Waals surface area contributed by atoms with Gasteiger partial charge in [0.05, 0.1) is 18.1 Å². The molecule has 2 aromatic rings. The fourth-order valence-corrected chi connectivity index (χ4v) is 3.56. The number of methoxy groups -OCH3 is 1. The number of benzene rings is 2. The first kappa shape index (κ1) is 14.8. The summed E-state index contributed by atoms with van der Waals surface area (Å²) in [4.78, 5) is 0. The number of ether oxygens (including phenoxy) is 1. The summed E-state index contributed by atoms with van der Waals surface area (Å²) in [5.74, 6) is 0.949. The molecule has 0 radical (unpaired) electrons. The predicted octanol–water partition coefficient (Wildman–Crippen LogP) is 5.06. The lowest BCUT2D eigenvalue weighted by Gasteiger charge is -2.10. The van der Waals surface area contributed by atoms with Crippen molar-refractivity contribution in [3.05, 3.63) is 48.0 Å². The van der Waals surface area contributed by atoms with Crippen molar-refractivity contribution in [1.29, 1.82) is 0 Å². The molecular formula is C20H24NO+. The average molecular weight is 294 g/mol. The molecule has 0 fully saturated rings. The molecule has 1 aliphatic rings. The van der Waals surface area contributed by atoms with E-state index in [4.69, 9.17) is 4.74 Å². The molecule has 22 heavy (non-hydrogen) atoms. The summed E-state index contributed by atoms with van der Waals surface area (Å²) >= 11 is 0. The highest BCUT2D eigenvalue weighted by Crippen LogP contribution is 2.41. The maximum atomic E-state index is 5.56. The molecular weight excluding hydrogens is 270 g/mol. The van der Waals surface area contributed by atoms with Gasteiger partial charge < -0.3 is 4.74 Å². The minimum Gasteiger partial charge on any atom is -0.496 e. The van der Waals surface area contributed by atoms with Gasteiger partial charge in [-0.15, -0.1) is 0 Å². The molecule has 1 unspecified atom stereocenters. The van der Waals surface area contributed by atoms with Crippen molar-refractivity contribution in [2.45, 2.75) is 39.7 Å². The van der Waals surface area contributed by atoms with E-state index < -0.39 is 0 Å². The van der Waals surface area contributed by atoms with Crippen LogP contribution in [0.2, 0.25) is 0 Å². The Kier molecular flexibility index (Phi) is 4.02. The monoisotopic (exact) mass is 294 g/mol. The molecule has 0 saturated heterocycles. The van der Waals surface area contributed by atoms with Crippen LogP contribution in [0, 0.1) is 0 Å². The standard InChI is InChI=1S/C20H24NO/c1-5-8-14(3)21-17(9-6-2)15-10-7-11-16-19(22-4)13-12-18(21)20(15)16/h6-7,9-14H,5,8H2,1-4H3/q+1. The summed E-state index contributed by atoms with van der Waals surface area (Å²) < 4.78 is 8.04. The molecule has 0 spiro atoms. The molecule has 0 N–H and O–H groups in total. The fraction of sp³-hybridized carbons (Fsp3) is 0.350. The molecule has 3 rings (SSSR count). The van der Waals surface area contributed by atoms with Crippen LogP contribution < -0.4 is 4.74 Å². The maximum absolute atomic E-state index is 5.56. The summed E-state index contributed by atoms with van der Waals surface area (Å²) in [6, 6.07) is 11.3. The van der Waals surface area contributed by atoms with E-state index in [0.717, 1.165) is 5.75 Å². The Morgan fingerprint density at radius 3 is 2.73 bits per heavy atom. The normalized spacial score (nSPS) is 15.1. The Hall–Kier alpha value is -2.09. The predicted molar refractivity (Wildman–Crippen MR) is 93.7 cm³/mol. The number of hydrogen-bond acceptors (Lipinski definition) is 1. The maximum Gasteiger partial charge on any atom is 0.214 e. The molecule has 0 bridgehead atoms. The Morgan fingerprint density at radius 2 is 2.05 bits per heavy atom. The van der Waals surface area contributed by atoms with E-state index >= 15 is 0 Å². The molecule has 0 saturated carbocycles. The summed E-state index contributed by atoms with van der Waals surface area (Å²) in [6.07, 6.45) is 6.73. The van der Waals surface area contributed by atoms with E-state index in [1.54, 1.807) is 7.11 Å². The lowest BCUT2D eigenvalue weighted by molar-refractivity contribution is -0.476. The number of rotatable bonds is 5. The number of hydrogen-bond donors (Lipinski definition) is 0. The second-order valence-electron chi connectivity index (χ2n) is 5.91. The van der Waals surface area contributed by atoms with Crippen molar-refractivity contribution in [3.8, 4) is 5.75 Å². The van der Waals surface area contributed by atoms with E-state index in [2.05, 4.69) is 67.8 Å². The first-order valence-corrected chi connectivity index (χ1v) is 8.11. The minimum absolute atomic E-state index is 0.486. The highest BCUT2D eigenvalue weighted by Gasteiger charge is 2.34. The zero-order valence-corrected chi connectivity index (χ0v) is 13.9. The van der Waals surface area contributed by atoms with Gasteiger partial charge in [0.25, 0.3) is 0 Å². The van der Waals surface area contributed by atoms with Gasteiger partial charge in [-0.25, -0.2) is 0 Å². The van der Waals surface area contributed by atoms with Gasteiger partial charge in [-0.2, -0.15) is 4.58 Å². The summed E-state index contributed by atoms with van der Waals surface area (Å²) in [7, 11) is 1.74. The van der Waals surface area contributed by atoms with E-state index in [1.165, 1.54) is 40.6 Å².